The molecule has 0 nitrogen and oxygen atoms in total. The molecule has 3 atom stereocenters. The molecule has 1 saturated carbocycles. The summed E-state index contributed by atoms with van der Waals surface area (Å²) in [5, 5.41) is 0. The van der Waals surface area contributed by atoms with Crippen LogP contribution in [0.1, 0.15) is 60.8 Å². The van der Waals surface area contributed by atoms with Crippen molar-refractivity contribution in [2.24, 2.45) is 11.8 Å². The first-order valence-electron chi connectivity index (χ1n) is 16.2. The van der Waals surface area contributed by atoms with Crippen LogP contribution in [-0.2, 0) is 40.5 Å². The zero-order valence-electron chi connectivity index (χ0n) is 25.3. The zero-order valence-corrected chi connectivity index (χ0v) is 29.3. The first-order valence-corrected chi connectivity index (χ1v) is 20.1. The van der Waals surface area contributed by atoms with Crippen LogP contribution in [0.3, 0.4) is 0 Å². The summed E-state index contributed by atoms with van der Waals surface area (Å²) in [6.07, 6.45) is 23.8. The first-order chi connectivity index (χ1) is 20.8. The van der Waals surface area contributed by atoms with Gasteiger partial charge in [0.15, 0.2) is 0 Å². The van der Waals surface area contributed by atoms with Gasteiger partial charge in [-0.2, -0.15) is 0 Å². The molecular formula is C41H40Cl2Zr. The van der Waals surface area contributed by atoms with Crippen molar-refractivity contribution < 1.29 is 46.1 Å². The fraction of sp³-hybridized carbons (Fsp3) is 0.293. The van der Waals surface area contributed by atoms with Crippen molar-refractivity contribution >= 4 is 8.78 Å². The van der Waals surface area contributed by atoms with Gasteiger partial charge in [-0.1, -0.05) is 0 Å². The summed E-state index contributed by atoms with van der Waals surface area (Å²) in [5.41, 5.74) is 13.1. The summed E-state index contributed by atoms with van der Waals surface area (Å²) in [5.74, 6) is 1.46. The van der Waals surface area contributed by atoms with Crippen LogP contribution in [0.15, 0.2) is 135 Å². The average Bonchev–Trinajstić information content (AvgIpc) is 3.71. The second-order valence-electron chi connectivity index (χ2n) is 12.9. The Labute approximate surface area is 283 Å². The van der Waals surface area contributed by atoms with E-state index in [1.807, 2.05) is 12.1 Å². The second kappa shape index (κ2) is 14.0. The van der Waals surface area contributed by atoms with Gasteiger partial charge in [-0.15, -0.1) is 0 Å². The third-order valence-electron chi connectivity index (χ3n) is 10.6. The van der Waals surface area contributed by atoms with E-state index in [9.17, 15) is 0 Å². The molecule has 0 amide bonds. The van der Waals surface area contributed by atoms with Crippen LogP contribution in [0.4, 0.5) is 0 Å². The predicted molar refractivity (Wildman–Crippen MR) is 174 cm³/mol. The summed E-state index contributed by atoms with van der Waals surface area (Å²) >= 11 is -2.32. The molecule has 3 heteroatoms. The van der Waals surface area contributed by atoms with Crippen molar-refractivity contribution in [3.8, 4) is 0 Å². The Morgan fingerprint density at radius 2 is 1.43 bits per heavy atom. The van der Waals surface area contributed by atoms with Crippen LogP contribution in [-0.4, -0.2) is 3.21 Å². The molecule has 5 aliphatic carbocycles. The van der Waals surface area contributed by atoms with Crippen molar-refractivity contribution in [2.75, 3.05) is 0 Å². The normalized spacial score (nSPS) is 22.4. The molecule has 0 aromatic heterocycles. The Morgan fingerprint density at radius 1 is 0.727 bits per heavy atom. The fourth-order valence-corrected chi connectivity index (χ4v) is 18.7. The summed E-state index contributed by atoms with van der Waals surface area (Å²) in [4.78, 5) is 0. The Hall–Kier alpha value is -2.31. The molecule has 0 aliphatic heterocycles. The van der Waals surface area contributed by atoms with E-state index in [2.05, 4.69) is 115 Å². The van der Waals surface area contributed by atoms with Gasteiger partial charge >= 0.3 is 261 Å². The predicted octanol–water partition coefficient (Wildman–Crippen LogP) is 3.99. The molecule has 44 heavy (non-hydrogen) atoms. The Balaban J connectivity index is 0.00000171. The first kappa shape index (κ1) is 31.7. The van der Waals surface area contributed by atoms with E-state index in [0.29, 0.717) is 5.92 Å². The van der Waals surface area contributed by atoms with Crippen molar-refractivity contribution in [1.82, 2.24) is 0 Å². The van der Waals surface area contributed by atoms with Crippen molar-refractivity contribution in [3.05, 3.63) is 158 Å². The maximum Gasteiger partial charge on any atom is -1.00 e. The second-order valence-corrected chi connectivity index (χ2v) is 20.0. The summed E-state index contributed by atoms with van der Waals surface area (Å²) in [6.45, 7) is 0. The molecule has 3 unspecified atom stereocenters. The third-order valence-corrected chi connectivity index (χ3v) is 19.1. The van der Waals surface area contributed by atoms with Crippen LogP contribution in [0, 0.1) is 11.8 Å². The van der Waals surface area contributed by atoms with Gasteiger partial charge in [-0.05, 0) is 0 Å². The molecule has 0 heterocycles. The van der Waals surface area contributed by atoms with Gasteiger partial charge in [-0.25, -0.2) is 0 Å². The van der Waals surface area contributed by atoms with E-state index < -0.39 is 21.3 Å². The Morgan fingerprint density at radius 3 is 2.14 bits per heavy atom. The van der Waals surface area contributed by atoms with Gasteiger partial charge in [0.2, 0.25) is 0 Å². The average molecular weight is 695 g/mol. The minimum atomic E-state index is -2.32. The molecular weight excluding hydrogens is 655 g/mol. The van der Waals surface area contributed by atoms with Crippen molar-refractivity contribution in [2.45, 2.75) is 61.4 Å². The molecule has 0 radical (unpaired) electrons. The number of hydrogen-bond donors (Lipinski definition) is 0. The summed E-state index contributed by atoms with van der Waals surface area (Å²) in [7, 11) is 0. The molecule has 1 fully saturated rings. The molecule has 0 bridgehead atoms. The summed E-state index contributed by atoms with van der Waals surface area (Å²) in [6, 6.07) is 32.1. The molecule has 3 aromatic rings. The van der Waals surface area contributed by atoms with Gasteiger partial charge in [-0.3, -0.25) is 0 Å². The van der Waals surface area contributed by atoms with Crippen LogP contribution in [0.5, 0.6) is 0 Å². The zero-order chi connectivity index (χ0) is 27.9. The SMILES string of the molecule is C1=CC[C]([Zr+2](=[C](Cc2ccccc2)Cc2ccccc2)[CH]2CCCC3C2=C2Cc4ccccc4C2=C2C=CCCC23)=C1.[Cl-].[Cl-]. The standard InChI is InChI=1S/C21H21.C15H14.C5H5.2ClH.Zr/c1-2-8-15-14(7-1)13-20-18-11-4-3-9-16(18)17-10-5-6-12-19(17)21(15)20;1-3-8-14(9-4-1)12-7-13-15-10-5-2-6-11-15;1-2-4-5-3-1;;;/h1-2,6-8,11-12,16-17H,3-5,9-10,13H2;1-6,8-11H,12-13H2;1-3H,4H2;2*1H;/q;;;;;+2/p-2. The van der Waals surface area contributed by atoms with E-state index in [0.717, 1.165) is 28.8 Å². The topological polar surface area (TPSA) is 0 Å². The molecule has 222 valence electrons. The van der Waals surface area contributed by atoms with E-state index >= 15 is 0 Å². The molecule has 5 aliphatic rings. The van der Waals surface area contributed by atoms with Crippen LogP contribution >= 0.6 is 0 Å². The molecule has 0 spiro atoms. The van der Waals surface area contributed by atoms with Gasteiger partial charge in [0.05, 0.1) is 0 Å². The van der Waals surface area contributed by atoms with E-state index in [1.165, 1.54) is 49.7 Å². The van der Waals surface area contributed by atoms with Gasteiger partial charge in [0.1, 0.15) is 0 Å². The Bertz CT molecular complexity index is 1660. The van der Waals surface area contributed by atoms with Gasteiger partial charge in [0.25, 0.3) is 0 Å². The van der Waals surface area contributed by atoms with E-state index in [-0.39, 0.29) is 24.8 Å². The van der Waals surface area contributed by atoms with Gasteiger partial charge < -0.3 is 24.8 Å². The molecule has 3 aromatic carbocycles. The largest absolute Gasteiger partial charge is 1.00 e. The number of halogens is 2. The fourth-order valence-electron chi connectivity index (χ4n) is 8.93. The third kappa shape index (κ3) is 5.86. The van der Waals surface area contributed by atoms with Gasteiger partial charge in [0, 0.05) is 0 Å². The monoisotopic (exact) mass is 692 g/mol. The van der Waals surface area contributed by atoms with Crippen LogP contribution in [0.2, 0.25) is 3.63 Å². The van der Waals surface area contributed by atoms with Crippen LogP contribution in [0.25, 0.3) is 5.57 Å². The molecule has 8 rings (SSSR count). The Kier molecular flexibility index (Phi) is 10.1. The maximum absolute atomic E-state index is 2.57. The van der Waals surface area contributed by atoms with Crippen molar-refractivity contribution in [1.29, 1.82) is 0 Å². The number of allylic oxidation sites excluding steroid dienone is 10. The minimum absolute atomic E-state index is 0. The maximum atomic E-state index is 2.57. The minimum Gasteiger partial charge on any atom is -1.00 e. The number of hydrogen-bond acceptors (Lipinski definition) is 0. The quantitative estimate of drug-likeness (QED) is 0.367. The molecule has 0 N–H and O–H groups in total. The number of benzene rings is 3. The molecule has 0 saturated heterocycles. The number of rotatable bonds is 6. The van der Waals surface area contributed by atoms with Crippen molar-refractivity contribution in [3.63, 3.8) is 0 Å². The smallest absolute Gasteiger partial charge is 1.00 e. The van der Waals surface area contributed by atoms with E-state index in [1.54, 1.807) is 27.8 Å². The summed E-state index contributed by atoms with van der Waals surface area (Å²) < 4.78 is 4.53. The van der Waals surface area contributed by atoms with Crippen LogP contribution < -0.4 is 24.8 Å². The van der Waals surface area contributed by atoms with E-state index in [4.69, 9.17) is 0 Å². The number of fused-ring (bicyclic) bond motifs is 6.